The molecule has 11 aromatic rings. The second-order valence-electron chi connectivity index (χ2n) is 17.2. The maximum absolute atomic E-state index is 6.93. The Balaban J connectivity index is 1.00. The van der Waals surface area contributed by atoms with Crippen molar-refractivity contribution in [3.63, 3.8) is 0 Å². The Bertz CT molecular complexity index is 3520. The normalized spacial score (nSPS) is 12.7. The van der Waals surface area contributed by atoms with Crippen molar-refractivity contribution in [2.45, 2.75) is 19.3 Å². The fourth-order valence-electron chi connectivity index (χ4n) is 10.3. The molecule has 0 fully saturated rings. The Kier molecular flexibility index (Phi) is 8.55. The van der Waals surface area contributed by atoms with Gasteiger partial charge in [0.1, 0.15) is 11.2 Å². The van der Waals surface area contributed by atoms with E-state index in [0.717, 1.165) is 55.5 Å². The summed E-state index contributed by atoms with van der Waals surface area (Å²) in [5.41, 5.74) is 19.7. The highest BCUT2D eigenvalue weighted by atomic mass is 16.3. The summed E-state index contributed by atoms with van der Waals surface area (Å²) in [5.74, 6) is 0. The lowest BCUT2D eigenvalue weighted by molar-refractivity contribution is 0.662. The molecular formula is C61H43NO. The van der Waals surface area contributed by atoms with Gasteiger partial charge < -0.3 is 9.32 Å². The molecule has 12 rings (SSSR count). The molecule has 2 heteroatoms. The van der Waals surface area contributed by atoms with Crippen LogP contribution in [0.1, 0.15) is 25.0 Å². The molecule has 10 aromatic carbocycles. The second kappa shape index (κ2) is 14.6. The van der Waals surface area contributed by atoms with E-state index >= 15 is 0 Å². The Morgan fingerprint density at radius 2 is 0.889 bits per heavy atom. The van der Waals surface area contributed by atoms with Gasteiger partial charge >= 0.3 is 0 Å². The van der Waals surface area contributed by atoms with E-state index in [1.807, 2.05) is 0 Å². The molecule has 0 spiro atoms. The van der Waals surface area contributed by atoms with Crippen LogP contribution in [0, 0.1) is 0 Å². The van der Waals surface area contributed by atoms with E-state index in [2.05, 4.69) is 243 Å². The van der Waals surface area contributed by atoms with Gasteiger partial charge in [0.2, 0.25) is 0 Å². The number of fused-ring (bicyclic) bond motifs is 8. The number of anilines is 3. The average molecular weight is 806 g/mol. The smallest absolute Gasteiger partial charge is 0.143 e. The summed E-state index contributed by atoms with van der Waals surface area (Å²) in [4.78, 5) is 2.40. The van der Waals surface area contributed by atoms with Crippen molar-refractivity contribution in [3.8, 4) is 55.6 Å². The third-order valence-corrected chi connectivity index (χ3v) is 13.3. The average Bonchev–Trinajstić information content (AvgIpc) is 3.85. The van der Waals surface area contributed by atoms with Gasteiger partial charge in [0.25, 0.3) is 0 Å². The molecule has 0 saturated carbocycles. The van der Waals surface area contributed by atoms with Crippen LogP contribution in [0.3, 0.4) is 0 Å². The van der Waals surface area contributed by atoms with Gasteiger partial charge in [0, 0.05) is 44.1 Å². The first-order chi connectivity index (χ1) is 31.0. The Labute approximate surface area is 368 Å². The van der Waals surface area contributed by atoms with E-state index in [0.29, 0.717) is 0 Å². The van der Waals surface area contributed by atoms with Gasteiger partial charge in [-0.15, -0.1) is 0 Å². The number of furan rings is 1. The standard InChI is InChI=1S/C61H43NO/c1-61(2)56-27-10-8-21-50(56)52-24-13-23-48(58(52)61)43-31-36-47(37-32-43)62(46-34-29-41(30-35-46)45-19-12-18-44(39-45)40-15-4-3-5-16-40)57-28-11-9-22-51(57)53-25-14-26-54-55-38-33-42-17-6-7-20-49(42)59(55)63-60(53)54/h3-39H,1-2H3. The first kappa shape index (κ1) is 36.9. The van der Waals surface area contributed by atoms with E-state index in [1.54, 1.807) is 0 Å². The zero-order valence-corrected chi connectivity index (χ0v) is 35.2. The Hall–Kier alpha value is -7.94. The van der Waals surface area contributed by atoms with Crippen LogP contribution in [0.4, 0.5) is 17.1 Å². The van der Waals surface area contributed by atoms with Crippen LogP contribution in [0.5, 0.6) is 0 Å². The van der Waals surface area contributed by atoms with Crippen molar-refractivity contribution in [2.75, 3.05) is 4.90 Å². The van der Waals surface area contributed by atoms with E-state index in [4.69, 9.17) is 4.42 Å². The molecule has 0 bridgehead atoms. The highest BCUT2D eigenvalue weighted by molar-refractivity contribution is 6.17. The van der Waals surface area contributed by atoms with Crippen LogP contribution < -0.4 is 4.90 Å². The van der Waals surface area contributed by atoms with E-state index in [1.165, 1.54) is 61.0 Å². The topological polar surface area (TPSA) is 16.4 Å². The van der Waals surface area contributed by atoms with Crippen LogP contribution in [-0.2, 0) is 5.41 Å². The van der Waals surface area contributed by atoms with Crippen molar-refractivity contribution in [3.05, 3.63) is 236 Å². The highest BCUT2D eigenvalue weighted by Crippen LogP contribution is 2.52. The molecule has 1 heterocycles. The SMILES string of the molecule is CC1(C)c2ccccc2-c2cccc(-c3ccc(N(c4ccc(-c5cccc(-c6ccccc6)c5)cc4)c4ccccc4-c4cccc5c4oc4c6ccccc6ccc54)cc3)c21. The maximum atomic E-state index is 6.93. The summed E-state index contributed by atoms with van der Waals surface area (Å²) in [5, 5.41) is 4.53. The third-order valence-electron chi connectivity index (χ3n) is 13.3. The van der Waals surface area contributed by atoms with Gasteiger partial charge in [0.15, 0.2) is 0 Å². The summed E-state index contributed by atoms with van der Waals surface area (Å²) < 4.78 is 6.93. The lowest BCUT2D eigenvalue weighted by Crippen LogP contribution is -2.16. The third kappa shape index (κ3) is 6.02. The van der Waals surface area contributed by atoms with Gasteiger partial charge in [-0.05, 0) is 103 Å². The van der Waals surface area contributed by atoms with Crippen molar-refractivity contribution in [1.29, 1.82) is 0 Å². The second-order valence-corrected chi connectivity index (χ2v) is 17.2. The van der Waals surface area contributed by atoms with Crippen LogP contribution in [0.15, 0.2) is 229 Å². The summed E-state index contributed by atoms with van der Waals surface area (Å²) in [7, 11) is 0. The van der Waals surface area contributed by atoms with Crippen LogP contribution in [-0.4, -0.2) is 0 Å². The molecular weight excluding hydrogens is 763 g/mol. The molecule has 0 unspecified atom stereocenters. The summed E-state index contributed by atoms with van der Waals surface area (Å²) in [6.45, 7) is 4.72. The van der Waals surface area contributed by atoms with Gasteiger partial charge in [-0.1, -0.05) is 196 Å². The van der Waals surface area contributed by atoms with Crippen LogP contribution in [0.2, 0.25) is 0 Å². The Morgan fingerprint density at radius 1 is 0.349 bits per heavy atom. The first-order valence-corrected chi connectivity index (χ1v) is 21.8. The molecule has 2 nitrogen and oxygen atoms in total. The number of benzene rings is 10. The fourth-order valence-corrected chi connectivity index (χ4v) is 10.3. The van der Waals surface area contributed by atoms with E-state index in [-0.39, 0.29) is 5.41 Å². The molecule has 0 saturated heterocycles. The summed E-state index contributed by atoms with van der Waals surface area (Å²) >= 11 is 0. The van der Waals surface area contributed by atoms with Gasteiger partial charge in [-0.25, -0.2) is 0 Å². The molecule has 63 heavy (non-hydrogen) atoms. The van der Waals surface area contributed by atoms with Gasteiger partial charge in [-0.3, -0.25) is 0 Å². The minimum Gasteiger partial charge on any atom is -0.455 e. The van der Waals surface area contributed by atoms with Gasteiger partial charge in [-0.2, -0.15) is 0 Å². The molecule has 1 aliphatic carbocycles. The largest absolute Gasteiger partial charge is 0.455 e. The predicted molar refractivity (Wildman–Crippen MR) is 265 cm³/mol. The molecule has 298 valence electrons. The van der Waals surface area contributed by atoms with E-state index in [9.17, 15) is 0 Å². The molecule has 0 radical (unpaired) electrons. The summed E-state index contributed by atoms with van der Waals surface area (Å²) in [6, 6.07) is 81.4. The minimum atomic E-state index is -0.113. The fraction of sp³-hybridized carbons (Fsp3) is 0.0492. The molecule has 0 amide bonds. The number of nitrogens with zero attached hydrogens (tertiary/aromatic N) is 1. The molecule has 0 atom stereocenters. The van der Waals surface area contributed by atoms with Crippen molar-refractivity contribution in [1.82, 2.24) is 0 Å². The zero-order valence-electron chi connectivity index (χ0n) is 35.2. The number of para-hydroxylation sites is 2. The number of hydrogen-bond donors (Lipinski definition) is 0. The van der Waals surface area contributed by atoms with Crippen LogP contribution in [0.25, 0.3) is 88.3 Å². The summed E-state index contributed by atoms with van der Waals surface area (Å²) in [6.07, 6.45) is 0. The highest BCUT2D eigenvalue weighted by Gasteiger charge is 2.37. The number of rotatable bonds is 7. The molecule has 1 aliphatic rings. The van der Waals surface area contributed by atoms with Crippen molar-refractivity contribution >= 4 is 49.8 Å². The van der Waals surface area contributed by atoms with Gasteiger partial charge in [0.05, 0.1) is 5.69 Å². The Morgan fingerprint density at radius 3 is 1.68 bits per heavy atom. The number of hydrogen-bond acceptors (Lipinski definition) is 2. The van der Waals surface area contributed by atoms with Crippen molar-refractivity contribution < 1.29 is 4.42 Å². The molecule has 0 N–H and O–H groups in total. The lowest BCUT2D eigenvalue weighted by Gasteiger charge is -2.28. The minimum absolute atomic E-state index is 0.113. The quantitative estimate of drug-likeness (QED) is 0.160. The van der Waals surface area contributed by atoms with Crippen LogP contribution >= 0.6 is 0 Å². The first-order valence-electron chi connectivity index (χ1n) is 21.8. The molecule has 0 aliphatic heterocycles. The zero-order chi connectivity index (χ0) is 42.1. The predicted octanol–water partition coefficient (Wildman–Crippen LogP) is 17.2. The van der Waals surface area contributed by atoms with E-state index < -0.39 is 0 Å². The maximum Gasteiger partial charge on any atom is 0.143 e. The molecule has 1 aromatic heterocycles. The monoisotopic (exact) mass is 805 g/mol. The van der Waals surface area contributed by atoms with Crippen molar-refractivity contribution in [2.24, 2.45) is 0 Å². The lowest BCUT2D eigenvalue weighted by atomic mass is 9.79.